The topological polar surface area (TPSA) is 30.0 Å². The van der Waals surface area contributed by atoms with Crippen molar-refractivity contribution in [2.24, 2.45) is 0 Å². The standard InChI is InChI=1S/C12H7NO/c1-2-12(14)11-7-9-5-3-4-6-10(9)8-13-11/h1,3-8H. The van der Waals surface area contributed by atoms with E-state index in [1.807, 2.05) is 30.2 Å². The van der Waals surface area contributed by atoms with Crippen LogP contribution in [0.2, 0.25) is 0 Å². The summed E-state index contributed by atoms with van der Waals surface area (Å²) >= 11 is 0. The molecule has 0 aliphatic heterocycles. The summed E-state index contributed by atoms with van der Waals surface area (Å²) in [6.07, 6.45) is 6.66. The minimum atomic E-state index is -0.379. The van der Waals surface area contributed by atoms with Gasteiger partial charge < -0.3 is 0 Å². The molecule has 2 nitrogen and oxygen atoms in total. The van der Waals surface area contributed by atoms with Crippen molar-refractivity contribution in [1.82, 2.24) is 4.98 Å². The number of ketones is 1. The van der Waals surface area contributed by atoms with Crippen LogP contribution in [0.1, 0.15) is 10.5 Å². The molecule has 14 heavy (non-hydrogen) atoms. The molecule has 0 fully saturated rings. The van der Waals surface area contributed by atoms with E-state index >= 15 is 0 Å². The molecule has 0 aliphatic carbocycles. The molecule has 0 amide bonds. The largest absolute Gasteiger partial charge is 0.277 e. The number of Topliss-reactive ketones (excluding diaryl/α,β-unsaturated/α-hetero) is 1. The number of hydrogen-bond acceptors (Lipinski definition) is 2. The summed E-state index contributed by atoms with van der Waals surface area (Å²) in [4.78, 5) is 15.1. The molecule has 66 valence electrons. The third kappa shape index (κ3) is 1.36. The van der Waals surface area contributed by atoms with Crippen molar-refractivity contribution in [2.75, 3.05) is 0 Å². The first-order chi connectivity index (χ1) is 6.81. The Morgan fingerprint density at radius 1 is 1.29 bits per heavy atom. The second-order valence-corrected chi connectivity index (χ2v) is 2.89. The fraction of sp³-hybridized carbons (Fsp3) is 0. The van der Waals surface area contributed by atoms with Gasteiger partial charge in [0.2, 0.25) is 0 Å². The van der Waals surface area contributed by atoms with Crippen LogP contribution < -0.4 is 0 Å². The highest BCUT2D eigenvalue weighted by Gasteiger charge is 2.03. The summed E-state index contributed by atoms with van der Waals surface area (Å²) < 4.78 is 0. The Hall–Kier alpha value is -2.14. The van der Waals surface area contributed by atoms with Gasteiger partial charge in [0.1, 0.15) is 5.69 Å². The first-order valence-corrected chi connectivity index (χ1v) is 4.17. The molecule has 0 spiro atoms. The third-order valence-electron chi connectivity index (χ3n) is 1.99. The van der Waals surface area contributed by atoms with Crippen molar-refractivity contribution in [3.8, 4) is 12.3 Å². The van der Waals surface area contributed by atoms with E-state index in [0.717, 1.165) is 10.8 Å². The number of benzene rings is 1. The summed E-state index contributed by atoms with van der Waals surface area (Å²) in [7, 11) is 0. The van der Waals surface area contributed by atoms with Crippen LogP contribution in [0.25, 0.3) is 10.8 Å². The van der Waals surface area contributed by atoms with Gasteiger partial charge in [0.15, 0.2) is 0 Å². The lowest BCUT2D eigenvalue weighted by atomic mass is 10.1. The molecule has 2 heteroatoms. The normalized spacial score (nSPS) is 9.64. The average molecular weight is 181 g/mol. The van der Waals surface area contributed by atoms with Crippen molar-refractivity contribution in [3.05, 3.63) is 42.2 Å². The molecule has 0 aliphatic rings. The van der Waals surface area contributed by atoms with Crippen molar-refractivity contribution in [3.63, 3.8) is 0 Å². The van der Waals surface area contributed by atoms with Crippen LogP contribution in [-0.4, -0.2) is 10.8 Å². The molecular weight excluding hydrogens is 174 g/mol. The molecule has 0 radical (unpaired) electrons. The average Bonchev–Trinajstić information content (AvgIpc) is 2.27. The summed E-state index contributed by atoms with van der Waals surface area (Å²) in [6.45, 7) is 0. The van der Waals surface area contributed by atoms with E-state index < -0.39 is 0 Å². The summed E-state index contributed by atoms with van der Waals surface area (Å²) in [5.74, 6) is 1.67. The molecule has 1 aromatic heterocycles. The quantitative estimate of drug-likeness (QED) is 0.383. The molecule has 2 aromatic rings. The first kappa shape index (κ1) is 8.46. The van der Waals surface area contributed by atoms with E-state index in [1.165, 1.54) is 0 Å². The highest BCUT2D eigenvalue weighted by molar-refractivity contribution is 6.08. The minimum Gasteiger partial charge on any atom is -0.277 e. The van der Waals surface area contributed by atoms with Crippen LogP contribution in [0, 0.1) is 12.3 Å². The number of fused-ring (bicyclic) bond motifs is 1. The van der Waals surface area contributed by atoms with Gasteiger partial charge in [0.25, 0.3) is 5.78 Å². The Kier molecular flexibility index (Phi) is 2.00. The predicted octanol–water partition coefficient (Wildman–Crippen LogP) is 2.05. The van der Waals surface area contributed by atoms with Gasteiger partial charge in [-0.3, -0.25) is 9.78 Å². The fourth-order valence-corrected chi connectivity index (χ4v) is 1.28. The van der Waals surface area contributed by atoms with E-state index in [4.69, 9.17) is 6.42 Å². The maximum Gasteiger partial charge on any atom is 0.253 e. The third-order valence-corrected chi connectivity index (χ3v) is 1.99. The van der Waals surface area contributed by atoms with Crippen LogP contribution in [0.15, 0.2) is 36.5 Å². The Balaban J connectivity index is 2.64. The molecule has 0 N–H and O–H groups in total. The molecule has 0 atom stereocenters. The molecule has 0 saturated carbocycles. The fourth-order valence-electron chi connectivity index (χ4n) is 1.28. The lowest BCUT2D eigenvalue weighted by molar-refractivity contribution is 0.105. The molecule has 0 saturated heterocycles. The second-order valence-electron chi connectivity index (χ2n) is 2.89. The van der Waals surface area contributed by atoms with Gasteiger partial charge in [-0.15, -0.1) is 6.42 Å². The van der Waals surface area contributed by atoms with Gasteiger partial charge in [-0.2, -0.15) is 0 Å². The van der Waals surface area contributed by atoms with Crippen LogP contribution in [-0.2, 0) is 0 Å². The monoisotopic (exact) mass is 181 g/mol. The Labute approximate surface area is 81.6 Å². The van der Waals surface area contributed by atoms with E-state index in [2.05, 4.69) is 4.98 Å². The van der Waals surface area contributed by atoms with Gasteiger partial charge in [-0.25, -0.2) is 0 Å². The van der Waals surface area contributed by atoms with Gasteiger partial charge >= 0.3 is 0 Å². The molecule has 2 rings (SSSR count). The maximum atomic E-state index is 11.2. The highest BCUT2D eigenvalue weighted by Crippen LogP contribution is 2.13. The van der Waals surface area contributed by atoms with E-state index in [1.54, 1.807) is 12.3 Å². The van der Waals surface area contributed by atoms with E-state index in [-0.39, 0.29) is 5.78 Å². The van der Waals surface area contributed by atoms with Crippen molar-refractivity contribution >= 4 is 16.6 Å². The highest BCUT2D eigenvalue weighted by atomic mass is 16.1. The maximum absolute atomic E-state index is 11.2. The van der Waals surface area contributed by atoms with E-state index in [9.17, 15) is 4.79 Å². The van der Waals surface area contributed by atoms with Crippen LogP contribution in [0.3, 0.4) is 0 Å². The Bertz CT molecular complexity index is 537. The number of aromatic nitrogens is 1. The van der Waals surface area contributed by atoms with Crippen molar-refractivity contribution < 1.29 is 4.79 Å². The number of nitrogens with zero attached hydrogens (tertiary/aromatic N) is 1. The zero-order valence-corrected chi connectivity index (χ0v) is 7.40. The number of hydrogen-bond donors (Lipinski definition) is 0. The molecular formula is C12H7NO. The summed E-state index contributed by atoms with van der Waals surface area (Å²) in [6, 6.07) is 9.40. The van der Waals surface area contributed by atoms with Crippen molar-refractivity contribution in [1.29, 1.82) is 0 Å². The zero-order valence-electron chi connectivity index (χ0n) is 7.40. The van der Waals surface area contributed by atoms with Crippen LogP contribution >= 0.6 is 0 Å². The number of carbonyl (C=O) groups is 1. The number of rotatable bonds is 1. The Morgan fingerprint density at radius 3 is 2.71 bits per heavy atom. The number of pyridine rings is 1. The zero-order chi connectivity index (χ0) is 9.97. The van der Waals surface area contributed by atoms with Crippen LogP contribution in [0.4, 0.5) is 0 Å². The summed E-state index contributed by atoms with van der Waals surface area (Å²) in [5.41, 5.74) is 0.325. The van der Waals surface area contributed by atoms with Gasteiger partial charge in [-0.1, -0.05) is 24.3 Å². The van der Waals surface area contributed by atoms with Gasteiger partial charge in [-0.05, 0) is 17.4 Å². The number of carbonyl (C=O) groups excluding carboxylic acids is 1. The van der Waals surface area contributed by atoms with Gasteiger partial charge in [0.05, 0.1) is 0 Å². The predicted molar refractivity (Wildman–Crippen MR) is 54.9 cm³/mol. The van der Waals surface area contributed by atoms with E-state index in [0.29, 0.717) is 5.69 Å². The first-order valence-electron chi connectivity index (χ1n) is 4.17. The van der Waals surface area contributed by atoms with Crippen molar-refractivity contribution in [2.45, 2.75) is 0 Å². The Morgan fingerprint density at radius 2 is 2.00 bits per heavy atom. The lowest BCUT2D eigenvalue weighted by Gasteiger charge is -1.97. The second kappa shape index (κ2) is 3.31. The minimum absolute atomic E-state index is 0.325. The molecule has 1 heterocycles. The molecule has 0 unspecified atom stereocenters. The molecule has 0 bridgehead atoms. The van der Waals surface area contributed by atoms with Crippen LogP contribution in [0.5, 0.6) is 0 Å². The van der Waals surface area contributed by atoms with Gasteiger partial charge in [0, 0.05) is 11.6 Å². The lowest BCUT2D eigenvalue weighted by Crippen LogP contribution is -1.97. The molecule has 1 aromatic carbocycles. The smallest absolute Gasteiger partial charge is 0.253 e. The summed E-state index contributed by atoms with van der Waals surface area (Å²) in [5, 5.41) is 1.97. The SMILES string of the molecule is C#CC(=O)c1cc2ccccc2cn1. The number of terminal acetylenes is 1.